The van der Waals surface area contributed by atoms with Crippen LogP contribution in [0.2, 0.25) is 0 Å². The molecular weight excluding hydrogens is 274 g/mol. The van der Waals surface area contributed by atoms with Gasteiger partial charge in [0.1, 0.15) is 0 Å². The number of benzene rings is 1. The fourth-order valence-corrected chi connectivity index (χ4v) is 2.68. The van der Waals surface area contributed by atoms with Gasteiger partial charge in [0.15, 0.2) is 0 Å². The molecular formula is C18H29N3O. The van der Waals surface area contributed by atoms with Gasteiger partial charge in [-0.15, -0.1) is 0 Å². The predicted molar refractivity (Wildman–Crippen MR) is 93.5 cm³/mol. The summed E-state index contributed by atoms with van der Waals surface area (Å²) in [6.07, 6.45) is 4.39. The lowest BCUT2D eigenvalue weighted by Crippen LogP contribution is -2.37. The summed E-state index contributed by atoms with van der Waals surface area (Å²) in [5, 5.41) is 6.28. The van der Waals surface area contributed by atoms with Gasteiger partial charge in [-0.3, -0.25) is 4.79 Å². The third kappa shape index (κ3) is 5.68. The molecule has 2 N–H and O–H groups in total. The number of anilines is 2. The molecule has 1 aliphatic rings. The van der Waals surface area contributed by atoms with Gasteiger partial charge in [0.05, 0.1) is 0 Å². The summed E-state index contributed by atoms with van der Waals surface area (Å²) in [5.41, 5.74) is 2.18. The molecule has 1 saturated heterocycles. The maximum Gasteiger partial charge on any atom is 0.225 e. The van der Waals surface area contributed by atoms with Crippen molar-refractivity contribution in [3.05, 3.63) is 24.3 Å². The second kappa shape index (κ2) is 7.63. The second-order valence-corrected chi connectivity index (χ2v) is 7.07. The monoisotopic (exact) mass is 303 g/mol. The summed E-state index contributed by atoms with van der Waals surface area (Å²) < 4.78 is 0. The lowest BCUT2D eigenvalue weighted by Gasteiger charge is -2.28. The quantitative estimate of drug-likeness (QED) is 0.876. The average molecular weight is 303 g/mol. The molecule has 122 valence electrons. The first-order valence-corrected chi connectivity index (χ1v) is 8.34. The molecule has 1 fully saturated rings. The van der Waals surface area contributed by atoms with Crippen molar-refractivity contribution < 1.29 is 4.79 Å². The van der Waals surface area contributed by atoms with Gasteiger partial charge < -0.3 is 15.5 Å². The number of carbonyl (C=O) groups is 1. The molecule has 1 heterocycles. The summed E-state index contributed by atoms with van der Waals surface area (Å²) in [5.74, 6) is 0.0578. The summed E-state index contributed by atoms with van der Waals surface area (Å²) in [6.45, 7) is 9.29. The Morgan fingerprint density at radius 2 is 1.73 bits per heavy atom. The summed E-state index contributed by atoms with van der Waals surface area (Å²) in [6, 6.07) is 8.21. The zero-order valence-electron chi connectivity index (χ0n) is 14.1. The predicted octanol–water partition coefficient (Wildman–Crippen LogP) is 3.39. The maximum atomic E-state index is 11.9. The minimum Gasteiger partial charge on any atom is -0.372 e. The van der Waals surface area contributed by atoms with Crippen LogP contribution in [0, 0.1) is 0 Å². The largest absolute Gasteiger partial charge is 0.372 e. The third-order valence-electron chi connectivity index (χ3n) is 3.88. The highest BCUT2D eigenvalue weighted by Gasteiger charge is 2.12. The Hall–Kier alpha value is -1.55. The molecule has 0 aliphatic carbocycles. The Balaban J connectivity index is 1.79. The van der Waals surface area contributed by atoms with Gasteiger partial charge in [-0.25, -0.2) is 0 Å². The highest BCUT2D eigenvalue weighted by Crippen LogP contribution is 2.21. The van der Waals surface area contributed by atoms with Crippen LogP contribution in [-0.2, 0) is 4.79 Å². The van der Waals surface area contributed by atoms with E-state index in [1.807, 2.05) is 12.1 Å². The maximum absolute atomic E-state index is 11.9. The van der Waals surface area contributed by atoms with E-state index in [-0.39, 0.29) is 11.4 Å². The average Bonchev–Trinajstić information content (AvgIpc) is 2.47. The number of hydrogen-bond donors (Lipinski definition) is 2. The molecule has 0 saturated carbocycles. The lowest BCUT2D eigenvalue weighted by molar-refractivity contribution is -0.116. The fourth-order valence-electron chi connectivity index (χ4n) is 2.68. The Labute approximate surface area is 134 Å². The molecule has 4 nitrogen and oxygen atoms in total. The molecule has 22 heavy (non-hydrogen) atoms. The Kier molecular flexibility index (Phi) is 5.83. The molecule has 0 aromatic heterocycles. The van der Waals surface area contributed by atoms with Crippen LogP contribution in [-0.4, -0.2) is 31.1 Å². The minimum atomic E-state index is 0.0520. The van der Waals surface area contributed by atoms with Crippen LogP contribution in [0.4, 0.5) is 11.4 Å². The van der Waals surface area contributed by atoms with Gasteiger partial charge in [0, 0.05) is 43.0 Å². The van der Waals surface area contributed by atoms with Gasteiger partial charge >= 0.3 is 0 Å². The van der Waals surface area contributed by atoms with Crippen LogP contribution in [0.1, 0.15) is 46.5 Å². The SMILES string of the molecule is CC(C)(C)NCCC(=O)Nc1ccc(N2CCCCC2)cc1. The first-order chi connectivity index (χ1) is 10.4. The highest BCUT2D eigenvalue weighted by molar-refractivity contribution is 5.91. The lowest BCUT2D eigenvalue weighted by atomic mass is 10.1. The van der Waals surface area contributed by atoms with E-state index in [2.05, 4.69) is 48.4 Å². The van der Waals surface area contributed by atoms with E-state index in [1.54, 1.807) is 0 Å². The van der Waals surface area contributed by atoms with Gasteiger partial charge in [-0.05, 0) is 64.3 Å². The van der Waals surface area contributed by atoms with Crippen molar-refractivity contribution in [1.29, 1.82) is 0 Å². The van der Waals surface area contributed by atoms with Crippen LogP contribution in [0.15, 0.2) is 24.3 Å². The Bertz CT molecular complexity index is 470. The standard InChI is InChI=1S/C18H29N3O/c1-18(2,3)19-12-11-17(22)20-15-7-9-16(10-8-15)21-13-5-4-6-14-21/h7-10,19H,4-6,11-14H2,1-3H3,(H,20,22). The van der Waals surface area contributed by atoms with Gasteiger partial charge in [-0.1, -0.05) is 0 Å². The summed E-state index contributed by atoms with van der Waals surface area (Å²) in [4.78, 5) is 14.3. The van der Waals surface area contributed by atoms with E-state index in [4.69, 9.17) is 0 Å². The summed E-state index contributed by atoms with van der Waals surface area (Å²) >= 11 is 0. The fraction of sp³-hybridized carbons (Fsp3) is 0.611. The Morgan fingerprint density at radius 1 is 1.09 bits per heavy atom. The van der Waals surface area contributed by atoms with Crippen molar-refractivity contribution >= 4 is 17.3 Å². The summed E-state index contributed by atoms with van der Waals surface area (Å²) in [7, 11) is 0. The molecule has 0 spiro atoms. The molecule has 0 bridgehead atoms. The topological polar surface area (TPSA) is 44.4 Å². The third-order valence-corrected chi connectivity index (χ3v) is 3.88. The van der Waals surface area contributed by atoms with Crippen LogP contribution < -0.4 is 15.5 Å². The van der Waals surface area contributed by atoms with E-state index < -0.39 is 0 Å². The molecule has 0 atom stereocenters. The van der Waals surface area contributed by atoms with E-state index in [0.29, 0.717) is 13.0 Å². The molecule has 1 aliphatic heterocycles. The van der Waals surface area contributed by atoms with E-state index >= 15 is 0 Å². The second-order valence-electron chi connectivity index (χ2n) is 7.07. The number of hydrogen-bond acceptors (Lipinski definition) is 3. The van der Waals surface area contributed by atoms with Crippen molar-refractivity contribution in [2.75, 3.05) is 29.9 Å². The van der Waals surface area contributed by atoms with E-state index in [0.717, 1.165) is 18.8 Å². The number of nitrogens with zero attached hydrogens (tertiary/aromatic N) is 1. The van der Waals surface area contributed by atoms with Crippen LogP contribution in [0.25, 0.3) is 0 Å². The zero-order valence-corrected chi connectivity index (χ0v) is 14.1. The molecule has 0 unspecified atom stereocenters. The van der Waals surface area contributed by atoms with Crippen molar-refractivity contribution in [2.45, 2.75) is 52.0 Å². The van der Waals surface area contributed by atoms with Crippen LogP contribution >= 0.6 is 0 Å². The highest BCUT2D eigenvalue weighted by atomic mass is 16.1. The first-order valence-electron chi connectivity index (χ1n) is 8.34. The normalized spacial score (nSPS) is 15.7. The number of rotatable bonds is 5. The first kappa shape index (κ1) is 16.8. The Morgan fingerprint density at radius 3 is 2.32 bits per heavy atom. The smallest absolute Gasteiger partial charge is 0.225 e. The van der Waals surface area contributed by atoms with Crippen molar-refractivity contribution in [1.82, 2.24) is 5.32 Å². The number of carbonyl (C=O) groups excluding carboxylic acids is 1. The number of piperidine rings is 1. The molecule has 1 aromatic rings. The number of amides is 1. The van der Waals surface area contributed by atoms with Crippen molar-refractivity contribution in [2.24, 2.45) is 0 Å². The van der Waals surface area contributed by atoms with Crippen LogP contribution in [0.5, 0.6) is 0 Å². The van der Waals surface area contributed by atoms with E-state index in [1.165, 1.54) is 24.9 Å². The van der Waals surface area contributed by atoms with Gasteiger partial charge in [0.25, 0.3) is 0 Å². The number of nitrogens with one attached hydrogen (secondary N) is 2. The van der Waals surface area contributed by atoms with Crippen LogP contribution in [0.3, 0.4) is 0 Å². The van der Waals surface area contributed by atoms with Gasteiger partial charge in [-0.2, -0.15) is 0 Å². The molecule has 4 heteroatoms. The van der Waals surface area contributed by atoms with Crippen molar-refractivity contribution in [3.63, 3.8) is 0 Å². The molecule has 0 radical (unpaired) electrons. The molecule has 1 aromatic carbocycles. The minimum absolute atomic E-state index is 0.0520. The van der Waals surface area contributed by atoms with Gasteiger partial charge in [0.2, 0.25) is 5.91 Å². The van der Waals surface area contributed by atoms with E-state index in [9.17, 15) is 4.79 Å². The zero-order chi connectivity index (χ0) is 16.0. The molecule has 2 rings (SSSR count). The van der Waals surface area contributed by atoms with Crippen molar-refractivity contribution in [3.8, 4) is 0 Å². The molecule has 1 amide bonds.